The van der Waals surface area contributed by atoms with Gasteiger partial charge in [0.05, 0.1) is 6.57 Å². The van der Waals surface area contributed by atoms with Crippen LogP contribution in [0.15, 0.2) is 90.0 Å². The van der Waals surface area contributed by atoms with Crippen molar-refractivity contribution in [3.8, 4) is 0 Å². The molecule has 0 saturated heterocycles. The first-order valence-electron chi connectivity index (χ1n) is 10.1. The summed E-state index contributed by atoms with van der Waals surface area (Å²) in [4.78, 5) is 5.42. The summed E-state index contributed by atoms with van der Waals surface area (Å²) in [6.07, 6.45) is 1.43. The fourth-order valence-corrected chi connectivity index (χ4v) is 4.67. The van der Waals surface area contributed by atoms with Crippen LogP contribution in [-0.4, -0.2) is 25.8 Å². The molecular weight excluding hydrogens is 406 g/mol. The molecule has 0 amide bonds. The predicted molar refractivity (Wildman–Crippen MR) is 128 cm³/mol. The van der Waals surface area contributed by atoms with Gasteiger partial charge in [-0.3, -0.25) is 0 Å². The molecule has 0 atom stereocenters. The molecule has 31 heavy (non-hydrogen) atoms. The first-order valence-corrected chi connectivity index (χ1v) is 11.5. The summed E-state index contributed by atoms with van der Waals surface area (Å²) in [5.74, 6) is 0. The second kappa shape index (κ2) is 10.1. The highest BCUT2D eigenvalue weighted by Crippen LogP contribution is 2.34. The summed E-state index contributed by atoms with van der Waals surface area (Å²) < 4.78 is 26.7. The number of hydrogen-bond donors (Lipinski definition) is 0. The minimum atomic E-state index is -3.79. The van der Waals surface area contributed by atoms with Gasteiger partial charge in [0, 0.05) is 30.2 Å². The molecule has 6 heteroatoms. The average molecular weight is 432 g/mol. The van der Waals surface area contributed by atoms with Gasteiger partial charge in [0.25, 0.3) is 5.03 Å². The topological polar surface area (TPSA) is 45.0 Å². The molecule has 0 aromatic heterocycles. The van der Waals surface area contributed by atoms with Gasteiger partial charge in [0.2, 0.25) is 10.0 Å². The standard InChI is InChI=1S/C25H25N3O2S/c1-4-27(5-2)31(29,30)25(26-3)20-21-16-18-24(19-17-21)28(22-12-8-6-9-13-22)23-14-10-7-11-15-23/h6-20H,4-5H2,1-2H3. The van der Waals surface area contributed by atoms with Crippen LogP contribution in [0.5, 0.6) is 0 Å². The Morgan fingerprint density at radius 1 is 0.806 bits per heavy atom. The minimum absolute atomic E-state index is 0.271. The molecule has 0 bridgehead atoms. The number of nitrogens with zero attached hydrogens (tertiary/aromatic N) is 3. The van der Waals surface area contributed by atoms with Gasteiger partial charge in [0.1, 0.15) is 0 Å². The molecule has 0 aliphatic carbocycles. The zero-order chi connectivity index (χ0) is 22.3. The van der Waals surface area contributed by atoms with E-state index in [1.807, 2.05) is 84.9 Å². The zero-order valence-electron chi connectivity index (χ0n) is 17.6. The molecule has 0 aliphatic rings. The van der Waals surface area contributed by atoms with Crippen LogP contribution in [0.3, 0.4) is 0 Å². The van der Waals surface area contributed by atoms with Crippen molar-refractivity contribution < 1.29 is 8.42 Å². The fourth-order valence-electron chi connectivity index (χ4n) is 3.32. The smallest absolute Gasteiger partial charge is 0.293 e. The van der Waals surface area contributed by atoms with Crippen LogP contribution in [0.1, 0.15) is 19.4 Å². The van der Waals surface area contributed by atoms with Crippen molar-refractivity contribution in [2.45, 2.75) is 13.8 Å². The van der Waals surface area contributed by atoms with Crippen LogP contribution >= 0.6 is 0 Å². The van der Waals surface area contributed by atoms with Crippen LogP contribution in [-0.2, 0) is 10.0 Å². The van der Waals surface area contributed by atoms with E-state index in [-0.39, 0.29) is 5.03 Å². The van der Waals surface area contributed by atoms with Gasteiger partial charge in [-0.15, -0.1) is 0 Å². The van der Waals surface area contributed by atoms with E-state index in [2.05, 4.69) is 9.74 Å². The highest BCUT2D eigenvalue weighted by molar-refractivity contribution is 7.93. The summed E-state index contributed by atoms with van der Waals surface area (Å²) in [5, 5.41) is -0.271. The molecule has 0 saturated carbocycles. The number of hydrogen-bond acceptors (Lipinski definition) is 3. The Balaban J connectivity index is 1.99. The van der Waals surface area contributed by atoms with Crippen LogP contribution in [0, 0.1) is 6.57 Å². The predicted octanol–water partition coefficient (Wildman–Crippen LogP) is 6.05. The molecule has 0 fully saturated rings. The number of sulfonamides is 1. The van der Waals surface area contributed by atoms with E-state index in [4.69, 9.17) is 6.57 Å². The number of rotatable bonds is 8. The van der Waals surface area contributed by atoms with Gasteiger partial charge in [-0.2, -0.15) is 0 Å². The van der Waals surface area contributed by atoms with Crippen molar-refractivity contribution in [3.05, 3.63) is 107 Å². The highest BCUT2D eigenvalue weighted by Gasteiger charge is 2.25. The van der Waals surface area contributed by atoms with Crippen molar-refractivity contribution in [2.24, 2.45) is 0 Å². The first-order chi connectivity index (χ1) is 15.0. The van der Waals surface area contributed by atoms with Crippen molar-refractivity contribution in [1.82, 2.24) is 4.31 Å². The van der Waals surface area contributed by atoms with Gasteiger partial charge >= 0.3 is 0 Å². The van der Waals surface area contributed by atoms with E-state index in [9.17, 15) is 8.42 Å². The molecular formula is C25H25N3O2S. The van der Waals surface area contributed by atoms with Gasteiger partial charge in [-0.25, -0.2) is 17.6 Å². The molecule has 3 rings (SSSR count). The monoisotopic (exact) mass is 431 g/mol. The van der Waals surface area contributed by atoms with Gasteiger partial charge in [-0.1, -0.05) is 62.4 Å². The maximum atomic E-state index is 12.7. The Labute approximate surface area is 184 Å². The van der Waals surface area contributed by atoms with E-state index < -0.39 is 10.0 Å². The highest BCUT2D eigenvalue weighted by atomic mass is 32.2. The second-order valence-corrected chi connectivity index (χ2v) is 8.67. The van der Waals surface area contributed by atoms with Crippen molar-refractivity contribution >= 4 is 33.2 Å². The van der Waals surface area contributed by atoms with Crippen molar-refractivity contribution in [1.29, 1.82) is 0 Å². The maximum Gasteiger partial charge on any atom is 0.293 e. The minimum Gasteiger partial charge on any atom is -0.311 e. The molecule has 3 aromatic rings. The first kappa shape index (κ1) is 22.3. The average Bonchev–Trinajstić information content (AvgIpc) is 2.80. The van der Waals surface area contributed by atoms with E-state index in [0.717, 1.165) is 17.1 Å². The summed E-state index contributed by atoms with van der Waals surface area (Å²) in [6, 6.07) is 27.6. The van der Waals surface area contributed by atoms with E-state index in [1.54, 1.807) is 13.8 Å². The lowest BCUT2D eigenvalue weighted by atomic mass is 10.1. The van der Waals surface area contributed by atoms with Crippen LogP contribution in [0.4, 0.5) is 17.1 Å². The maximum absolute atomic E-state index is 12.7. The lowest BCUT2D eigenvalue weighted by Crippen LogP contribution is -2.30. The van der Waals surface area contributed by atoms with E-state index in [0.29, 0.717) is 18.7 Å². The van der Waals surface area contributed by atoms with E-state index >= 15 is 0 Å². The fraction of sp³-hybridized carbons (Fsp3) is 0.160. The third kappa shape index (κ3) is 5.02. The Morgan fingerprint density at radius 2 is 1.26 bits per heavy atom. The normalized spacial score (nSPS) is 11.9. The van der Waals surface area contributed by atoms with Gasteiger partial charge < -0.3 is 4.90 Å². The Morgan fingerprint density at radius 3 is 1.68 bits per heavy atom. The molecule has 0 aliphatic heterocycles. The molecule has 5 nitrogen and oxygen atoms in total. The molecule has 0 spiro atoms. The number of anilines is 3. The van der Waals surface area contributed by atoms with E-state index in [1.165, 1.54) is 10.4 Å². The largest absolute Gasteiger partial charge is 0.311 e. The third-order valence-corrected chi connectivity index (χ3v) is 6.82. The number of benzene rings is 3. The SMILES string of the molecule is [C-]#[N+]C(=Cc1ccc(N(c2ccccc2)c2ccccc2)cc1)S(=O)(=O)N(CC)CC. The summed E-state index contributed by atoms with van der Waals surface area (Å²) >= 11 is 0. The molecule has 3 aromatic carbocycles. The summed E-state index contributed by atoms with van der Waals surface area (Å²) in [5.41, 5.74) is 3.63. The molecule has 0 radical (unpaired) electrons. The lowest BCUT2D eigenvalue weighted by Gasteiger charge is -2.25. The number of para-hydroxylation sites is 2. The molecule has 0 heterocycles. The summed E-state index contributed by atoms with van der Waals surface area (Å²) in [6.45, 7) is 11.6. The zero-order valence-corrected chi connectivity index (χ0v) is 18.5. The van der Waals surface area contributed by atoms with Crippen LogP contribution < -0.4 is 4.90 Å². The second-order valence-electron chi connectivity index (χ2n) is 6.78. The summed E-state index contributed by atoms with van der Waals surface area (Å²) in [7, 11) is -3.79. The third-order valence-electron chi connectivity index (χ3n) is 4.89. The Kier molecular flexibility index (Phi) is 7.24. The Hall–Kier alpha value is -3.40. The lowest BCUT2D eigenvalue weighted by molar-refractivity contribution is 0.451. The van der Waals surface area contributed by atoms with Crippen molar-refractivity contribution in [2.75, 3.05) is 18.0 Å². The van der Waals surface area contributed by atoms with Gasteiger partial charge in [-0.05, 0) is 48.0 Å². The molecule has 0 N–H and O–H groups in total. The van der Waals surface area contributed by atoms with Crippen molar-refractivity contribution in [3.63, 3.8) is 0 Å². The Bertz CT molecular complexity index is 1120. The quantitative estimate of drug-likeness (QED) is 0.408. The van der Waals surface area contributed by atoms with Gasteiger partial charge in [0.15, 0.2) is 0 Å². The van der Waals surface area contributed by atoms with Crippen LogP contribution in [0.2, 0.25) is 0 Å². The van der Waals surface area contributed by atoms with Crippen LogP contribution in [0.25, 0.3) is 10.9 Å². The molecule has 158 valence electrons. The molecule has 0 unspecified atom stereocenters.